The molecule has 19 heavy (non-hydrogen) atoms. The minimum absolute atomic E-state index is 0.0804. The SMILES string of the molecule is CCn1ncc(N)c1C(=O)NCC(C1CC1)C1CC1. The molecule has 1 amide bonds. The highest BCUT2D eigenvalue weighted by Crippen LogP contribution is 2.48. The molecule has 0 bridgehead atoms. The molecule has 2 aliphatic rings. The molecule has 2 fully saturated rings. The lowest BCUT2D eigenvalue weighted by atomic mass is 9.98. The quantitative estimate of drug-likeness (QED) is 0.818. The average molecular weight is 262 g/mol. The molecular formula is C14H22N4O. The zero-order valence-electron chi connectivity index (χ0n) is 11.4. The second kappa shape index (κ2) is 4.87. The van der Waals surface area contributed by atoms with E-state index < -0.39 is 0 Å². The van der Waals surface area contributed by atoms with Gasteiger partial charge in [0.05, 0.1) is 11.9 Å². The van der Waals surface area contributed by atoms with Crippen molar-refractivity contribution >= 4 is 11.6 Å². The Hall–Kier alpha value is -1.52. The van der Waals surface area contributed by atoms with E-state index in [0.717, 1.165) is 18.4 Å². The van der Waals surface area contributed by atoms with Crippen LogP contribution in [0.5, 0.6) is 0 Å². The van der Waals surface area contributed by atoms with Gasteiger partial charge in [0.2, 0.25) is 0 Å². The molecule has 3 rings (SSSR count). The lowest BCUT2D eigenvalue weighted by Crippen LogP contribution is -2.33. The fourth-order valence-corrected chi connectivity index (χ4v) is 2.95. The number of nitrogen functional groups attached to an aromatic ring is 1. The van der Waals surface area contributed by atoms with Gasteiger partial charge in [-0.25, -0.2) is 0 Å². The van der Waals surface area contributed by atoms with E-state index in [1.54, 1.807) is 10.9 Å². The van der Waals surface area contributed by atoms with Crippen LogP contribution in [0, 0.1) is 17.8 Å². The number of aryl methyl sites for hydroxylation is 1. The number of nitrogens with one attached hydrogen (secondary N) is 1. The Kier molecular flexibility index (Phi) is 3.21. The second-order valence-corrected chi connectivity index (χ2v) is 5.81. The predicted molar refractivity (Wildman–Crippen MR) is 73.6 cm³/mol. The molecule has 0 aliphatic heterocycles. The summed E-state index contributed by atoms with van der Waals surface area (Å²) in [5.74, 6) is 2.30. The molecule has 0 spiro atoms. The molecular weight excluding hydrogens is 240 g/mol. The molecule has 2 aliphatic carbocycles. The van der Waals surface area contributed by atoms with Gasteiger partial charge in [0.25, 0.3) is 5.91 Å². The zero-order valence-corrected chi connectivity index (χ0v) is 11.4. The molecule has 0 atom stereocenters. The molecule has 104 valence electrons. The Labute approximate surface area is 113 Å². The summed E-state index contributed by atoms with van der Waals surface area (Å²) < 4.78 is 1.66. The van der Waals surface area contributed by atoms with Crippen molar-refractivity contribution in [1.29, 1.82) is 0 Å². The minimum Gasteiger partial charge on any atom is -0.396 e. The fraction of sp³-hybridized carbons (Fsp3) is 0.714. The van der Waals surface area contributed by atoms with Gasteiger partial charge in [0.15, 0.2) is 0 Å². The molecule has 5 heteroatoms. The Bertz CT molecular complexity index is 462. The van der Waals surface area contributed by atoms with Gasteiger partial charge in [0.1, 0.15) is 5.69 Å². The number of nitrogens with zero attached hydrogens (tertiary/aromatic N) is 2. The fourth-order valence-electron chi connectivity index (χ4n) is 2.95. The molecule has 2 saturated carbocycles. The van der Waals surface area contributed by atoms with Gasteiger partial charge in [-0.3, -0.25) is 9.48 Å². The lowest BCUT2D eigenvalue weighted by Gasteiger charge is -2.16. The average Bonchev–Trinajstić information content (AvgIpc) is 3.29. The summed E-state index contributed by atoms with van der Waals surface area (Å²) in [6, 6.07) is 0. The first kappa shape index (κ1) is 12.5. The van der Waals surface area contributed by atoms with Gasteiger partial charge in [0, 0.05) is 13.1 Å². The number of nitrogens with two attached hydrogens (primary N) is 1. The second-order valence-electron chi connectivity index (χ2n) is 5.81. The monoisotopic (exact) mass is 262 g/mol. The van der Waals surface area contributed by atoms with Crippen molar-refractivity contribution in [2.24, 2.45) is 17.8 Å². The number of anilines is 1. The van der Waals surface area contributed by atoms with Crippen LogP contribution in [0.3, 0.4) is 0 Å². The molecule has 0 radical (unpaired) electrons. The summed E-state index contributed by atoms with van der Waals surface area (Å²) in [6.45, 7) is 3.41. The number of aromatic nitrogens is 2. The van der Waals surface area contributed by atoms with Gasteiger partial charge in [-0.05, 0) is 50.4 Å². The van der Waals surface area contributed by atoms with E-state index in [1.807, 2.05) is 6.92 Å². The Morgan fingerprint density at radius 3 is 2.63 bits per heavy atom. The molecule has 0 saturated heterocycles. The number of carbonyl (C=O) groups excluding carboxylic acids is 1. The number of rotatable bonds is 6. The smallest absolute Gasteiger partial charge is 0.271 e. The van der Waals surface area contributed by atoms with Crippen LogP contribution < -0.4 is 11.1 Å². The number of carbonyl (C=O) groups is 1. The molecule has 0 unspecified atom stereocenters. The molecule has 0 aromatic carbocycles. The van der Waals surface area contributed by atoms with Crippen LogP contribution in [-0.4, -0.2) is 22.2 Å². The Morgan fingerprint density at radius 1 is 1.47 bits per heavy atom. The molecule has 1 aromatic heterocycles. The minimum atomic E-state index is -0.0804. The third-order valence-electron chi connectivity index (χ3n) is 4.34. The Balaban J connectivity index is 1.62. The van der Waals surface area contributed by atoms with Crippen LogP contribution >= 0.6 is 0 Å². The highest BCUT2D eigenvalue weighted by Gasteiger charge is 2.41. The van der Waals surface area contributed by atoms with E-state index in [-0.39, 0.29) is 5.91 Å². The van der Waals surface area contributed by atoms with Crippen molar-refractivity contribution in [3.8, 4) is 0 Å². The van der Waals surface area contributed by atoms with Crippen LogP contribution in [0.15, 0.2) is 6.20 Å². The van der Waals surface area contributed by atoms with E-state index >= 15 is 0 Å². The third-order valence-corrected chi connectivity index (χ3v) is 4.34. The van der Waals surface area contributed by atoms with Gasteiger partial charge in [-0.15, -0.1) is 0 Å². The van der Waals surface area contributed by atoms with Crippen molar-refractivity contribution < 1.29 is 4.79 Å². The number of hydrogen-bond donors (Lipinski definition) is 2. The van der Waals surface area contributed by atoms with Crippen molar-refractivity contribution in [3.63, 3.8) is 0 Å². The zero-order chi connectivity index (χ0) is 13.4. The van der Waals surface area contributed by atoms with E-state index in [9.17, 15) is 4.79 Å². The lowest BCUT2D eigenvalue weighted by molar-refractivity contribution is 0.0933. The van der Waals surface area contributed by atoms with Crippen LogP contribution in [-0.2, 0) is 6.54 Å². The van der Waals surface area contributed by atoms with Gasteiger partial charge in [-0.2, -0.15) is 5.10 Å². The highest BCUT2D eigenvalue weighted by molar-refractivity contribution is 5.97. The largest absolute Gasteiger partial charge is 0.396 e. The highest BCUT2D eigenvalue weighted by atomic mass is 16.2. The number of amides is 1. The maximum absolute atomic E-state index is 12.2. The van der Waals surface area contributed by atoms with Gasteiger partial charge in [-0.1, -0.05) is 0 Å². The third kappa shape index (κ3) is 2.60. The first-order chi connectivity index (χ1) is 9.20. The van der Waals surface area contributed by atoms with Crippen LogP contribution in [0.4, 0.5) is 5.69 Å². The topological polar surface area (TPSA) is 72.9 Å². The summed E-state index contributed by atoms with van der Waals surface area (Å²) in [6.07, 6.45) is 6.91. The molecule has 3 N–H and O–H groups in total. The summed E-state index contributed by atoms with van der Waals surface area (Å²) in [4.78, 5) is 12.2. The molecule has 1 aromatic rings. The molecule has 1 heterocycles. The summed E-state index contributed by atoms with van der Waals surface area (Å²) in [7, 11) is 0. The molecule has 5 nitrogen and oxygen atoms in total. The van der Waals surface area contributed by atoms with E-state index in [0.29, 0.717) is 23.8 Å². The van der Waals surface area contributed by atoms with Crippen molar-refractivity contribution in [1.82, 2.24) is 15.1 Å². The van der Waals surface area contributed by atoms with Crippen LogP contribution in [0.2, 0.25) is 0 Å². The normalized spacial score (nSPS) is 18.8. The summed E-state index contributed by atoms with van der Waals surface area (Å²) >= 11 is 0. The maximum atomic E-state index is 12.2. The predicted octanol–water partition coefficient (Wildman–Crippen LogP) is 1.65. The standard InChI is InChI=1S/C14H22N4O/c1-2-18-13(12(15)8-17-18)14(19)16-7-11(9-3-4-9)10-5-6-10/h8-11H,2-7,15H2,1H3,(H,16,19). The van der Waals surface area contributed by atoms with Crippen LogP contribution in [0.25, 0.3) is 0 Å². The van der Waals surface area contributed by atoms with E-state index in [1.165, 1.54) is 25.7 Å². The van der Waals surface area contributed by atoms with Crippen molar-refractivity contribution in [2.45, 2.75) is 39.2 Å². The van der Waals surface area contributed by atoms with Crippen molar-refractivity contribution in [2.75, 3.05) is 12.3 Å². The maximum Gasteiger partial charge on any atom is 0.271 e. The van der Waals surface area contributed by atoms with E-state index in [2.05, 4.69) is 10.4 Å². The summed E-state index contributed by atoms with van der Waals surface area (Å²) in [5.41, 5.74) is 6.80. The summed E-state index contributed by atoms with van der Waals surface area (Å²) in [5, 5.41) is 7.17. The first-order valence-corrected chi connectivity index (χ1v) is 7.30. The van der Waals surface area contributed by atoms with E-state index in [4.69, 9.17) is 5.73 Å². The number of hydrogen-bond acceptors (Lipinski definition) is 3. The first-order valence-electron chi connectivity index (χ1n) is 7.30. The van der Waals surface area contributed by atoms with Crippen molar-refractivity contribution in [3.05, 3.63) is 11.9 Å². The van der Waals surface area contributed by atoms with Crippen LogP contribution in [0.1, 0.15) is 43.1 Å². The van der Waals surface area contributed by atoms with Gasteiger partial charge >= 0.3 is 0 Å². The van der Waals surface area contributed by atoms with Gasteiger partial charge < -0.3 is 11.1 Å². The Morgan fingerprint density at radius 2 is 2.11 bits per heavy atom.